The fraction of sp³-hybridized carbons (Fsp3) is 0.600. The van der Waals surface area contributed by atoms with Gasteiger partial charge in [0.2, 0.25) is 0 Å². The van der Waals surface area contributed by atoms with Gasteiger partial charge < -0.3 is 5.32 Å². The summed E-state index contributed by atoms with van der Waals surface area (Å²) in [6, 6.07) is 1.96. The van der Waals surface area contributed by atoms with Gasteiger partial charge in [-0.1, -0.05) is 27.7 Å². The molecular formula is C15H22F3N. The third-order valence-corrected chi connectivity index (χ3v) is 3.15. The maximum Gasteiger partial charge on any atom is 0.161 e. The summed E-state index contributed by atoms with van der Waals surface area (Å²) in [4.78, 5) is 0. The molecule has 1 aromatic rings. The second-order valence-corrected chi connectivity index (χ2v) is 6.06. The van der Waals surface area contributed by atoms with Gasteiger partial charge in [-0.05, 0) is 29.9 Å². The molecule has 0 aromatic heterocycles. The van der Waals surface area contributed by atoms with Crippen molar-refractivity contribution in [2.24, 2.45) is 5.41 Å². The van der Waals surface area contributed by atoms with E-state index in [0.29, 0.717) is 24.9 Å². The Hall–Kier alpha value is -1.03. The van der Waals surface area contributed by atoms with Gasteiger partial charge in [0.15, 0.2) is 11.6 Å². The number of aryl methyl sites for hydroxylation is 1. The van der Waals surface area contributed by atoms with Crippen LogP contribution in [0.1, 0.15) is 39.7 Å². The quantitative estimate of drug-likeness (QED) is 0.771. The van der Waals surface area contributed by atoms with Crippen LogP contribution in [-0.2, 0) is 6.42 Å². The predicted octanol–water partition coefficient (Wildman–Crippen LogP) is 4.06. The molecule has 0 saturated carbocycles. The molecule has 0 fully saturated rings. The lowest BCUT2D eigenvalue weighted by Gasteiger charge is -2.26. The third kappa shape index (κ3) is 5.23. The standard InChI is InChI=1S/C15H22F3N/c1-10(2)19-9-15(3,4)6-5-11-7-13(17)14(18)8-12(11)16/h7-8,10,19H,5-6,9H2,1-4H3. The number of benzene rings is 1. The molecule has 4 heteroatoms. The van der Waals surface area contributed by atoms with Crippen LogP contribution in [0.3, 0.4) is 0 Å². The van der Waals surface area contributed by atoms with Crippen LogP contribution in [0.4, 0.5) is 13.2 Å². The fourth-order valence-electron chi connectivity index (χ4n) is 1.80. The van der Waals surface area contributed by atoms with E-state index in [1.165, 1.54) is 0 Å². The Bertz CT molecular complexity index is 428. The molecule has 0 unspecified atom stereocenters. The highest BCUT2D eigenvalue weighted by Crippen LogP contribution is 2.24. The van der Waals surface area contributed by atoms with Gasteiger partial charge in [0, 0.05) is 18.7 Å². The van der Waals surface area contributed by atoms with Crippen molar-refractivity contribution in [3.63, 3.8) is 0 Å². The van der Waals surface area contributed by atoms with E-state index in [9.17, 15) is 13.2 Å². The number of halogens is 3. The molecule has 0 aliphatic heterocycles. The lowest BCUT2D eigenvalue weighted by molar-refractivity contribution is 0.302. The number of nitrogens with one attached hydrogen (secondary N) is 1. The molecule has 0 heterocycles. The van der Waals surface area contributed by atoms with E-state index in [-0.39, 0.29) is 11.0 Å². The van der Waals surface area contributed by atoms with E-state index >= 15 is 0 Å². The maximum atomic E-state index is 13.5. The van der Waals surface area contributed by atoms with E-state index in [1.54, 1.807) is 0 Å². The first-order chi connectivity index (χ1) is 8.71. The first kappa shape index (κ1) is 16.0. The van der Waals surface area contributed by atoms with Crippen LogP contribution in [0.5, 0.6) is 0 Å². The Labute approximate surface area is 113 Å². The topological polar surface area (TPSA) is 12.0 Å². The molecule has 0 spiro atoms. The summed E-state index contributed by atoms with van der Waals surface area (Å²) in [6.07, 6.45) is 1.10. The van der Waals surface area contributed by atoms with Crippen molar-refractivity contribution in [3.8, 4) is 0 Å². The van der Waals surface area contributed by atoms with Gasteiger partial charge in [-0.15, -0.1) is 0 Å². The van der Waals surface area contributed by atoms with Gasteiger partial charge >= 0.3 is 0 Å². The first-order valence-corrected chi connectivity index (χ1v) is 6.58. The summed E-state index contributed by atoms with van der Waals surface area (Å²) in [6.45, 7) is 9.06. The minimum Gasteiger partial charge on any atom is -0.314 e. The zero-order chi connectivity index (χ0) is 14.6. The molecule has 0 saturated heterocycles. The van der Waals surface area contributed by atoms with Gasteiger partial charge in [0.1, 0.15) is 5.82 Å². The van der Waals surface area contributed by atoms with Gasteiger partial charge in [-0.3, -0.25) is 0 Å². The average molecular weight is 273 g/mol. The summed E-state index contributed by atoms with van der Waals surface area (Å²) >= 11 is 0. The van der Waals surface area contributed by atoms with E-state index < -0.39 is 17.5 Å². The molecule has 0 radical (unpaired) electrons. The van der Waals surface area contributed by atoms with E-state index in [1.807, 2.05) is 0 Å². The second-order valence-electron chi connectivity index (χ2n) is 6.06. The van der Waals surface area contributed by atoms with E-state index in [2.05, 4.69) is 33.0 Å². The van der Waals surface area contributed by atoms with E-state index in [0.717, 1.165) is 12.6 Å². The van der Waals surface area contributed by atoms with Crippen molar-refractivity contribution in [1.82, 2.24) is 5.32 Å². The molecular weight excluding hydrogens is 251 g/mol. The molecule has 19 heavy (non-hydrogen) atoms. The van der Waals surface area contributed by atoms with Crippen molar-refractivity contribution in [3.05, 3.63) is 35.1 Å². The number of hydrogen-bond acceptors (Lipinski definition) is 1. The summed E-state index contributed by atoms with van der Waals surface area (Å²) in [5, 5.41) is 3.33. The van der Waals surface area contributed by atoms with Crippen LogP contribution in [-0.4, -0.2) is 12.6 Å². The molecule has 0 bridgehead atoms. The summed E-state index contributed by atoms with van der Waals surface area (Å²) in [5.41, 5.74) is 0.207. The van der Waals surface area contributed by atoms with Crippen LogP contribution in [0, 0.1) is 22.9 Å². The van der Waals surface area contributed by atoms with Crippen molar-refractivity contribution < 1.29 is 13.2 Å². The highest BCUT2D eigenvalue weighted by atomic mass is 19.2. The summed E-state index contributed by atoms with van der Waals surface area (Å²) in [5.74, 6) is -2.80. The van der Waals surface area contributed by atoms with Crippen LogP contribution in [0.15, 0.2) is 12.1 Å². The lowest BCUT2D eigenvalue weighted by Crippen LogP contribution is -2.34. The molecule has 1 aromatic carbocycles. The normalized spacial score (nSPS) is 12.2. The largest absolute Gasteiger partial charge is 0.314 e. The molecule has 1 nitrogen and oxygen atoms in total. The lowest BCUT2D eigenvalue weighted by atomic mass is 9.86. The number of rotatable bonds is 6. The van der Waals surface area contributed by atoms with Crippen molar-refractivity contribution in [2.45, 2.75) is 46.6 Å². The Morgan fingerprint density at radius 3 is 2.21 bits per heavy atom. The molecule has 0 atom stereocenters. The van der Waals surface area contributed by atoms with Gasteiger partial charge in [-0.25, -0.2) is 13.2 Å². The smallest absolute Gasteiger partial charge is 0.161 e. The van der Waals surface area contributed by atoms with Crippen molar-refractivity contribution in [2.75, 3.05) is 6.54 Å². The third-order valence-electron chi connectivity index (χ3n) is 3.15. The highest BCUT2D eigenvalue weighted by Gasteiger charge is 2.19. The van der Waals surface area contributed by atoms with Crippen molar-refractivity contribution in [1.29, 1.82) is 0 Å². The highest BCUT2D eigenvalue weighted by molar-refractivity contribution is 5.20. The number of hydrogen-bond donors (Lipinski definition) is 1. The van der Waals surface area contributed by atoms with Crippen LogP contribution in [0.25, 0.3) is 0 Å². The molecule has 0 amide bonds. The first-order valence-electron chi connectivity index (χ1n) is 6.58. The van der Waals surface area contributed by atoms with Gasteiger partial charge in [0.25, 0.3) is 0 Å². The SMILES string of the molecule is CC(C)NCC(C)(C)CCc1cc(F)c(F)cc1F. The minimum absolute atomic E-state index is 0.0262. The monoisotopic (exact) mass is 273 g/mol. The molecule has 0 aliphatic rings. The molecule has 108 valence electrons. The second kappa shape index (κ2) is 6.42. The zero-order valence-electron chi connectivity index (χ0n) is 12.0. The van der Waals surface area contributed by atoms with Gasteiger partial charge in [-0.2, -0.15) is 0 Å². The summed E-state index contributed by atoms with van der Waals surface area (Å²) < 4.78 is 39.4. The summed E-state index contributed by atoms with van der Waals surface area (Å²) in [7, 11) is 0. The average Bonchev–Trinajstić information content (AvgIpc) is 2.30. The van der Waals surface area contributed by atoms with Crippen molar-refractivity contribution >= 4 is 0 Å². The predicted molar refractivity (Wildman–Crippen MR) is 71.6 cm³/mol. The molecule has 0 aliphatic carbocycles. The van der Waals surface area contributed by atoms with Crippen LogP contribution in [0.2, 0.25) is 0 Å². The molecule has 1 N–H and O–H groups in total. The Morgan fingerprint density at radius 1 is 1.05 bits per heavy atom. The van der Waals surface area contributed by atoms with Crippen LogP contribution >= 0.6 is 0 Å². The van der Waals surface area contributed by atoms with Gasteiger partial charge in [0.05, 0.1) is 0 Å². The van der Waals surface area contributed by atoms with Crippen LogP contribution < -0.4 is 5.32 Å². The Morgan fingerprint density at radius 2 is 1.63 bits per heavy atom. The fourth-order valence-corrected chi connectivity index (χ4v) is 1.80. The zero-order valence-corrected chi connectivity index (χ0v) is 12.0. The molecule has 1 rings (SSSR count). The Kier molecular flexibility index (Phi) is 5.41. The maximum absolute atomic E-state index is 13.5. The Balaban J connectivity index is 2.63. The van der Waals surface area contributed by atoms with E-state index in [4.69, 9.17) is 0 Å². The minimum atomic E-state index is -1.14.